The Labute approximate surface area is 136 Å². The third-order valence-corrected chi connectivity index (χ3v) is 3.37. The maximum atomic E-state index is 12.7. The maximum absolute atomic E-state index is 12.7. The summed E-state index contributed by atoms with van der Waals surface area (Å²) >= 11 is 0. The molecule has 2 aromatic rings. The van der Waals surface area contributed by atoms with Crippen molar-refractivity contribution in [1.29, 1.82) is 0 Å². The molecule has 0 atom stereocenters. The number of nitrogens with zero attached hydrogens (tertiary/aromatic N) is 1. The highest BCUT2D eigenvalue weighted by atomic mass is 16.5. The van der Waals surface area contributed by atoms with Gasteiger partial charge in [0.15, 0.2) is 0 Å². The molecule has 0 bridgehead atoms. The van der Waals surface area contributed by atoms with E-state index in [1.165, 1.54) is 4.90 Å². The molecule has 120 valence electrons. The quantitative estimate of drug-likeness (QED) is 0.790. The minimum Gasteiger partial charge on any atom is -0.462 e. The fourth-order valence-corrected chi connectivity index (χ4v) is 2.12. The summed E-state index contributed by atoms with van der Waals surface area (Å²) in [5, 5.41) is 0. The molecule has 0 aliphatic carbocycles. The van der Waals surface area contributed by atoms with Crippen LogP contribution in [0.25, 0.3) is 0 Å². The molecule has 0 aromatic heterocycles. The largest absolute Gasteiger partial charge is 0.462 e. The Morgan fingerprint density at radius 1 is 0.957 bits per heavy atom. The molecule has 23 heavy (non-hydrogen) atoms. The molecule has 2 rings (SSSR count). The lowest BCUT2D eigenvalue weighted by Gasteiger charge is -2.19. The van der Waals surface area contributed by atoms with E-state index < -0.39 is 5.97 Å². The van der Waals surface area contributed by atoms with E-state index in [9.17, 15) is 9.59 Å². The molecule has 2 aromatic carbocycles. The zero-order chi connectivity index (χ0) is 16.8. The number of rotatable bonds is 5. The van der Waals surface area contributed by atoms with E-state index >= 15 is 0 Å². The van der Waals surface area contributed by atoms with Crippen LogP contribution in [0, 0.1) is 5.92 Å². The third kappa shape index (κ3) is 4.19. The number of ether oxygens (including phenoxy) is 1. The summed E-state index contributed by atoms with van der Waals surface area (Å²) in [6, 6.07) is 16.0. The van der Waals surface area contributed by atoms with E-state index in [-0.39, 0.29) is 11.8 Å². The molecular weight excluding hydrogens is 290 g/mol. The van der Waals surface area contributed by atoms with Gasteiger partial charge in [0.05, 0.1) is 17.7 Å². The Balaban J connectivity index is 2.26. The summed E-state index contributed by atoms with van der Waals surface area (Å²) < 4.78 is 5.26. The maximum Gasteiger partial charge on any atom is 0.338 e. The monoisotopic (exact) mass is 311 g/mol. The Bertz CT molecular complexity index is 680. The minimum atomic E-state index is -0.468. The van der Waals surface area contributed by atoms with Crippen molar-refractivity contribution in [3.05, 3.63) is 65.7 Å². The van der Waals surface area contributed by atoms with E-state index in [4.69, 9.17) is 4.74 Å². The highest BCUT2D eigenvalue weighted by Gasteiger charge is 2.21. The molecule has 4 nitrogen and oxygen atoms in total. The highest BCUT2D eigenvalue weighted by molar-refractivity contribution is 6.11. The first-order valence-corrected chi connectivity index (χ1v) is 7.60. The Kier molecular flexibility index (Phi) is 5.52. The molecule has 4 heteroatoms. The van der Waals surface area contributed by atoms with Gasteiger partial charge < -0.3 is 9.64 Å². The van der Waals surface area contributed by atoms with Crippen molar-refractivity contribution in [2.75, 3.05) is 18.6 Å². The second kappa shape index (κ2) is 7.58. The van der Waals surface area contributed by atoms with Crippen molar-refractivity contribution >= 4 is 17.6 Å². The first kappa shape index (κ1) is 16.7. The molecule has 0 saturated carbocycles. The van der Waals surface area contributed by atoms with Gasteiger partial charge in [0.25, 0.3) is 5.91 Å². The summed E-state index contributed by atoms with van der Waals surface area (Å²) in [5.41, 5.74) is 1.40. The van der Waals surface area contributed by atoms with Crippen molar-refractivity contribution in [3.63, 3.8) is 0 Å². The van der Waals surface area contributed by atoms with Crippen molar-refractivity contribution in [2.24, 2.45) is 5.92 Å². The number of amides is 1. The molecule has 0 heterocycles. The average Bonchev–Trinajstić information content (AvgIpc) is 2.59. The standard InChI is InChI=1S/C19H21NO3/c1-14(2)13-23-19(22)17-12-8-7-11-16(17)18(21)20(3)15-9-5-4-6-10-15/h4-12,14H,13H2,1-3H3. The van der Waals surface area contributed by atoms with E-state index in [2.05, 4.69) is 0 Å². The first-order chi connectivity index (χ1) is 11.0. The Morgan fingerprint density at radius 3 is 2.13 bits per heavy atom. The highest BCUT2D eigenvalue weighted by Crippen LogP contribution is 2.18. The first-order valence-electron chi connectivity index (χ1n) is 7.60. The summed E-state index contributed by atoms with van der Waals surface area (Å²) in [6.07, 6.45) is 0. The lowest BCUT2D eigenvalue weighted by Crippen LogP contribution is -2.28. The van der Waals surface area contributed by atoms with Crippen LogP contribution in [-0.2, 0) is 4.74 Å². The summed E-state index contributed by atoms with van der Waals surface area (Å²) in [7, 11) is 1.69. The van der Waals surface area contributed by atoms with Crippen LogP contribution in [0.1, 0.15) is 34.6 Å². The number of hydrogen-bond donors (Lipinski definition) is 0. The number of hydrogen-bond acceptors (Lipinski definition) is 3. The number of carbonyl (C=O) groups excluding carboxylic acids is 2. The van der Waals surface area contributed by atoms with E-state index in [0.717, 1.165) is 5.69 Å². The Morgan fingerprint density at radius 2 is 1.52 bits per heavy atom. The molecular formula is C19H21NO3. The van der Waals surface area contributed by atoms with Crippen molar-refractivity contribution in [3.8, 4) is 0 Å². The molecule has 1 amide bonds. The van der Waals surface area contributed by atoms with Gasteiger partial charge in [0.1, 0.15) is 0 Å². The molecule has 0 unspecified atom stereocenters. The molecule has 0 fully saturated rings. The Hall–Kier alpha value is -2.62. The van der Waals surface area contributed by atoms with Crippen molar-refractivity contribution in [2.45, 2.75) is 13.8 Å². The van der Waals surface area contributed by atoms with Gasteiger partial charge in [-0.3, -0.25) is 4.79 Å². The molecule has 0 aliphatic heterocycles. The lowest BCUT2D eigenvalue weighted by atomic mass is 10.1. The van der Waals surface area contributed by atoms with Gasteiger partial charge in [-0.25, -0.2) is 4.79 Å². The zero-order valence-corrected chi connectivity index (χ0v) is 13.7. The summed E-state index contributed by atoms with van der Waals surface area (Å²) in [6.45, 7) is 4.26. The van der Waals surface area contributed by atoms with Gasteiger partial charge in [-0.05, 0) is 30.2 Å². The molecule has 0 aliphatic rings. The van der Waals surface area contributed by atoms with Gasteiger partial charge in [-0.15, -0.1) is 0 Å². The van der Waals surface area contributed by atoms with Crippen LogP contribution in [0.15, 0.2) is 54.6 Å². The third-order valence-electron chi connectivity index (χ3n) is 3.37. The average molecular weight is 311 g/mol. The van der Waals surface area contributed by atoms with Gasteiger partial charge in [0, 0.05) is 12.7 Å². The van der Waals surface area contributed by atoms with Gasteiger partial charge in [-0.1, -0.05) is 44.2 Å². The molecule has 0 radical (unpaired) electrons. The normalized spacial score (nSPS) is 10.4. The molecule has 0 saturated heterocycles. The van der Waals surface area contributed by atoms with E-state index in [1.807, 2.05) is 44.2 Å². The zero-order valence-electron chi connectivity index (χ0n) is 13.7. The number of anilines is 1. The van der Waals surface area contributed by atoms with Crippen molar-refractivity contribution < 1.29 is 14.3 Å². The van der Waals surface area contributed by atoms with Crippen molar-refractivity contribution in [1.82, 2.24) is 0 Å². The number of carbonyl (C=O) groups is 2. The summed E-state index contributed by atoms with van der Waals surface area (Å²) in [4.78, 5) is 26.5. The second-order valence-electron chi connectivity index (χ2n) is 5.74. The molecule has 0 spiro atoms. The minimum absolute atomic E-state index is 0.242. The van der Waals surface area contributed by atoms with Crippen LogP contribution in [-0.4, -0.2) is 25.5 Å². The van der Waals surface area contributed by atoms with Gasteiger partial charge in [0.2, 0.25) is 0 Å². The number of benzene rings is 2. The number of esters is 1. The van der Waals surface area contributed by atoms with Crippen LogP contribution >= 0.6 is 0 Å². The van der Waals surface area contributed by atoms with Gasteiger partial charge >= 0.3 is 5.97 Å². The predicted octanol–water partition coefficient (Wildman–Crippen LogP) is 3.78. The second-order valence-corrected chi connectivity index (χ2v) is 5.74. The fraction of sp³-hybridized carbons (Fsp3) is 0.263. The van der Waals surface area contributed by atoms with Crippen LogP contribution < -0.4 is 4.90 Å². The smallest absolute Gasteiger partial charge is 0.338 e. The predicted molar refractivity (Wildman–Crippen MR) is 90.7 cm³/mol. The van der Waals surface area contributed by atoms with Crippen LogP contribution in [0.5, 0.6) is 0 Å². The van der Waals surface area contributed by atoms with Gasteiger partial charge in [-0.2, -0.15) is 0 Å². The van der Waals surface area contributed by atoms with Crippen LogP contribution in [0.4, 0.5) is 5.69 Å². The lowest BCUT2D eigenvalue weighted by molar-refractivity contribution is 0.0456. The topological polar surface area (TPSA) is 46.6 Å². The fourth-order valence-electron chi connectivity index (χ4n) is 2.12. The van der Waals surface area contributed by atoms with Crippen LogP contribution in [0.2, 0.25) is 0 Å². The molecule has 0 N–H and O–H groups in total. The SMILES string of the molecule is CC(C)COC(=O)c1ccccc1C(=O)N(C)c1ccccc1. The van der Waals surface area contributed by atoms with Crippen LogP contribution in [0.3, 0.4) is 0 Å². The van der Waals surface area contributed by atoms with E-state index in [0.29, 0.717) is 17.7 Å². The summed E-state index contributed by atoms with van der Waals surface area (Å²) in [5.74, 6) is -0.466. The number of para-hydroxylation sites is 1. The van der Waals surface area contributed by atoms with E-state index in [1.54, 1.807) is 31.3 Å².